The topological polar surface area (TPSA) is 107 Å². The minimum atomic E-state index is -1.93. The Morgan fingerprint density at radius 1 is 1.52 bits per heavy atom. The second-order valence-corrected chi connectivity index (χ2v) is 6.23. The molecule has 7 nitrogen and oxygen atoms in total. The molecule has 0 bridgehead atoms. The van der Waals surface area contributed by atoms with E-state index < -0.39 is 11.6 Å². The Kier molecular flexibility index (Phi) is 3.91. The second kappa shape index (κ2) is 5.70. The van der Waals surface area contributed by atoms with Gasteiger partial charge >= 0.3 is 5.97 Å². The zero-order chi connectivity index (χ0) is 18.5. The van der Waals surface area contributed by atoms with Crippen molar-refractivity contribution in [3.63, 3.8) is 0 Å². The molecule has 0 radical (unpaired) electrons. The van der Waals surface area contributed by atoms with E-state index in [1.807, 2.05) is 6.92 Å². The summed E-state index contributed by atoms with van der Waals surface area (Å²) >= 11 is 0. The van der Waals surface area contributed by atoms with Gasteiger partial charge in [0.2, 0.25) is 0 Å². The van der Waals surface area contributed by atoms with E-state index in [-0.39, 0.29) is 35.4 Å². The zero-order valence-electron chi connectivity index (χ0n) is 14.5. The number of ether oxygens (including phenoxy) is 1. The molecule has 1 aromatic heterocycles. The Hall–Kier alpha value is -2.67. The fourth-order valence-electron chi connectivity index (χ4n) is 3.54. The number of carbonyl (C=O) groups is 1. The number of esters is 1. The van der Waals surface area contributed by atoms with Gasteiger partial charge < -0.3 is 20.1 Å². The van der Waals surface area contributed by atoms with Crippen molar-refractivity contribution in [2.45, 2.75) is 39.0 Å². The molecule has 1 unspecified atom stereocenters. The summed E-state index contributed by atoms with van der Waals surface area (Å²) in [5.74, 6) is -0.787. The molecule has 1 aromatic rings. The van der Waals surface area contributed by atoms with Crippen molar-refractivity contribution >= 4 is 17.4 Å². The summed E-state index contributed by atoms with van der Waals surface area (Å²) in [5.41, 5.74) is 7.41. The molecule has 2 aliphatic rings. The number of fused-ring (bicyclic) bond motifs is 2. The highest BCUT2D eigenvalue weighted by Crippen LogP contribution is 2.40. The van der Waals surface area contributed by atoms with Gasteiger partial charge in [-0.3, -0.25) is 9.79 Å². The molecular weight excluding hydrogens is 322 g/mol. The summed E-state index contributed by atoms with van der Waals surface area (Å²) in [6, 6.07) is 0. The van der Waals surface area contributed by atoms with Crippen LogP contribution in [-0.2, 0) is 28.3 Å². The van der Waals surface area contributed by atoms with Crippen molar-refractivity contribution in [2.24, 2.45) is 4.99 Å². The normalized spacial score (nSPS) is 25.4. The first-order chi connectivity index (χ1) is 11.8. The molecule has 0 spiro atoms. The van der Waals surface area contributed by atoms with Crippen LogP contribution in [0.25, 0.3) is 0 Å². The maximum absolute atomic E-state index is 13.0. The van der Waals surface area contributed by atoms with Gasteiger partial charge in [-0.15, -0.1) is 0 Å². The summed E-state index contributed by atoms with van der Waals surface area (Å²) in [4.78, 5) is 29.4. The fraction of sp³-hybridized carbons (Fsp3) is 0.389. The SMILES string of the molecule is C=CC(C)=C1Cn2c(c(N)c3c(c2=O)COC(=O)C3(O)CC)C1=NC. The monoisotopic (exact) mass is 343 g/mol. The van der Waals surface area contributed by atoms with Crippen LogP contribution in [0.15, 0.2) is 33.6 Å². The number of hydrogen-bond acceptors (Lipinski definition) is 6. The van der Waals surface area contributed by atoms with Crippen LogP contribution < -0.4 is 11.3 Å². The molecule has 3 N–H and O–H groups in total. The molecule has 0 aliphatic carbocycles. The number of aliphatic hydroxyl groups is 1. The van der Waals surface area contributed by atoms with Gasteiger partial charge in [0.25, 0.3) is 5.56 Å². The predicted molar refractivity (Wildman–Crippen MR) is 94.5 cm³/mol. The van der Waals surface area contributed by atoms with Crippen LogP contribution in [0.4, 0.5) is 5.69 Å². The van der Waals surface area contributed by atoms with Crippen molar-refractivity contribution in [1.29, 1.82) is 0 Å². The van der Waals surface area contributed by atoms with E-state index in [0.717, 1.165) is 11.1 Å². The molecule has 0 fully saturated rings. The maximum atomic E-state index is 13.0. The van der Waals surface area contributed by atoms with Gasteiger partial charge in [0, 0.05) is 18.2 Å². The number of rotatable bonds is 2. The second-order valence-electron chi connectivity index (χ2n) is 6.23. The van der Waals surface area contributed by atoms with E-state index in [0.29, 0.717) is 18.0 Å². The van der Waals surface area contributed by atoms with E-state index in [1.54, 1.807) is 20.0 Å². The molecule has 25 heavy (non-hydrogen) atoms. The zero-order valence-corrected chi connectivity index (χ0v) is 14.5. The largest absolute Gasteiger partial charge is 0.458 e. The average Bonchev–Trinajstić information content (AvgIpc) is 3.01. The summed E-state index contributed by atoms with van der Waals surface area (Å²) in [6.07, 6.45) is 1.75. The molecule has 1 atom stereocenters. The smallest absolute Gasteiger partial charge is 0.343 e. The number of nitrogens with zero attached hydrogens (tertiary/aromatic N) is 2. The summed E-state index contributed by atoms with van der Waals surface area (Å²) in [5, 5.41) is 10.8. The van der Waals surface area contributed by atoms with Gasteiger partial charge in [-0.05, 0) is 18.9 Å². The summed E-state index contributed by atoms with van der Waals surface area (Å²) < 4.78 is 6.56. The van der Waals surface area contributed by atoms with Crippen molar-refractivity contribution in [2.75, 3.05) is 12.8 Å². The Balaban J connectivity index is 2.42. The lowest BCUT2D eigenvalue weighted by Crippen LogP contribution is -2.45. The highest BCUT2D eigenvalue weighted by atomic mass is 16.6. The Morgan fingerprint density at radius 3 is 2.76 bits per heavy atom. The third-order valence-electron chi connectivity index (χ3n) is 5.04. The van der Waals surface area contributed by atoms with Gasteiger partial charge in [-0.1, -0.05) is 19.6 Å². The first-order valence-corrected chi connectivity index (χ1v) is 8.06. The number of nitrogens with two attached hydrogens (primary N) is 1. The molecule has 0 amide bonds. The minimum Gasteiger partial charge on any atom is -0.458 e. The van der Waals surface area contributed by atoms with Gasteiger partial charge in [0.15, 0.2) is 5.60 Å². The lowest BCUT2D eigenvalue weighted by Gasteiger charge is -2.33. The van der Waals surface area contributed by atoms with Crippen molar-refractivity contribution in [3.05, 3.63) is 51.0 Å². The summed E-state index contributed by atoms with van der Waals surface area (Å²) in [6.45, 7) is 7.41. The molecule has 0 aromatic carbocycles. The Morgan fingerprint density at radius 2 is 2.20 bits per heavy atom. The number of allylic oxidation sites excluding steroid dienone is 3. The first kappa shape index (κ1) is 17.2. The first-order valence-electron chi connectivity index (χ1n) is 8.06. The number of cyclic esters (lactones) is 1. The van der Waals surface area contributed by atoms with E-state index in [2.05, 4.69) is 11.6 Å². The number of nitrogen functional groups attached to an aromatic ring is 1. The highest BCUT2D eigenvalue weighted by molar-refractivity contribution is 6.17. The third kappa shape index (κ3) is 2.12. The van der Waals surface area contributed by atoms with Crippen LogP contribution in [0, 0.1) is 0 Å². The number of pyridine rings is 1. The Labute approximate surface area is 145 Å². The molecule has 132 valence electrons. The minimum absolute atomic E-state index is 0.0545. The van der Waals surface area contributed by atoms with Gasteiger partial charge in [0.1, 0.15) is 6.61 Å². The molecule has 3 rings (SSSR count). The number of carbonyl (C=O) groups excluding carboxylic acids is 1. The standard InChI is InChI=1S/C18H21N3O4/c1-5-9(3)10-7-21-15(14(10)20-4)13(19)12-11(16(21)22)8-25-17(23)18(12,24)6-2/h5,24H,1,6-8,19H2,2-4H3. The quantitative estimate of drug-likeness (QED) is 0.780. The van der Waals surface area contributed by atoms with Crippen molar-refractivity contribution < 1.29 is 14.6 Å². The van der Waals surface area contributed by atoms with Crippen molar-refractivity contribution in [3.8, 4) is 0 Å². The van der Waals surface area contributed by atoms with Gasteiger partial charge in [-0.25, -0.2) is 4.79 Å². The lowest BCUT2D eigenvalue weighted by molar-refractivity contribution is -0.172. The molecule has 3 heterocycles. The van der Waals surface area contributed by atoms with Crippen LogP contribution >= 0.6 is 0 Å². The molecule has 2 aliphatic heterocycles. The maximum Gasteiger partial charge on any atom is 0.343 e. The van der Waals surface area contributed by atoms with E-state index in [4.69, 9.17) is 10.5 Å². The number of anilines is 1. The predicted octanol–water partition coefficient (Wildman–Crippen LogP) is 1.02. The third-order valence-corrected chi connectivity index (χ3v) is 5.04. The number of aliphatic imine (C=N–C) groups is 1. The molecular formula is C18H21N3O4. The number of aromatic nitrogens is 1. The fourth-order valence-corrected chi connectivity index (χ4v) is 3.54. The molecule has 0 saturated carbocycles. The van der Waals surface area contributed by atoms with Crippen molar-refractivity contribution in [1.82, 2.24) is 4.57 Å². The van der Waals surface area contributed by atoms with Crippen LogP contribution in [0.1, 0.15) is 37.1 Å². The van der Waals surface area contributed by atoms with Gasteiger partial charge in [-0.2, -0.15) is 0 Å². The lowest BCUT2D eigenvalue weighted by atomic mass is 9.84. The van der Waals surface area contributed by atoms with E-state index in [1.165, 1.54) is 4.57 Å². The van der Waals surface area contributed by atoms with Crippen LogP contribution in [0.3, 0.4) is 0 Å². The average molecular weight is 343 g/mol. The highest BCUT2D eigenvalue weighted by Gasteiger charge is 2.47. The van der Waals surface area contributed by atoms with E-state index >= 15 is 0 Å². The number of hydrogen-bond donors (Lipinski definition) is 2. The van der Waals surface area contributed by atoms with Crippen LogP contribution in [-0.4, -0.2) is 28.4 Å². The van der Waals surface area contributed by atoms with E-state index in [9.17, 15) is 14.7 Å². The summed E-state index contributed by atoms with van der Waals surface area (Å²) in [7, 11) is 1.62. The molecule has 7 heteroatoms. The van der Waals surface area contributed by atoms with Crippen LogP contribution in [0.2, 0.25) is 0 Å². The van der Waals surface area contributed by atoms with Gasteiger partial charge in [0.05, 0.1) is 29.2 Å². The molecule has 0 saturated heterocycles. The van der Waals surface area contributed by atoms with Crippen LogP contribution in [0.5, 0.6) is 0 Å². The Bertz CT molecular complexity index is 923.